The summed E-state index contributed by atoms with van der Waals surface area (Å²) in [5, 5.41) is 48.9. The molecule has 3 aliphatic heterocycles. The molecule has 5 N–H and O–H groups in total. The largest absolute Gasteiger partial charge is 0.389 e. The Kier molecular flexibility index (Phi) is 8.54. The maximum Gasteiger partial charge on any atom is 0.262 e. The Balaban J connectivity index is 1.46. The molecule has 200 valence electrons. The van der Waals surface area contributed by atoms with Crippen molar-refractivity contribution in [2.24, 2.45) is 5.11 Å². The van der Waals surface area contributed by atoms with Gasteiger partial charge in [-0.2, -0.15) is 0 Å². The number of imide groups is 1. The Labute approximate surface area is 211 Å². The summed E-state index contributed by atoms with van der Waals surface area (Å²) in [6, 6.07) is 4.11. The van der Waals surface area contributed by atoms with Crippen LogP contribution in [0.2, 0.25) is 0 Å². The van der Waals surface area contributed by atoms with E-state index in [-0.39, 0.29) is 37.4 Å². The van der Waals surface area contributed by atoms with Gasteiger partial charge in [0, 0.05) is 11.5 Å². The molecule has 0 aromatic heterocycles. The summed E-state index contributed by atoms with van der Waals surface area (Å²) in [6.45, 7) is 3.25. The van der Waals surface area contributed by atoms with E-state index in [1.807, 2.05) is 0 Å². The van der Waals surface area contributed by atoms with E-state index in [1.54, 1.807) is 12.1 Å². The third-order valence-corrected chi connectivity index (χ3v) is 6.71. The van der Waals surface area contributed by atoms with Crippen LogP contribution in [0.1, 0.15) is 20.7 Å². The molecule has 0 aliphatic carbocycles. The second-order valence-corrected chi connectivity index (χ2v) is 8.94. The van der Waals surface area contributed by atoms with Gasteiger partial charge in [-0.25, -0.2) is 0 Å². The zero-order valence-electron chi connectivity index (χ0n) is 19.7. The van der Waals surface area contributed by atoms with Gasteiger partial charge in [-0.05, 0) is 17.7 Å². The minimum atomic E-state index is -1.62. The molecular weight excluding hydrogens is 490 g/mol. The molecule has 14 nitrogen and oxygen atoms in total. The van der Waals surface area contributed by atoms with E-state index in [0.29, 0.717) is 0 Å². The Morgan fingerprint density at radius 1 is 1.11 bits per heavy atom. The van der Waals surface area contributed by atoms with Gasteiger partial charge in [-0.1, -0.05) is 23.3 Å². The zero-order chi connectivity index (χ0) is 26.7. The summed E-state index contributed by atoms with van der Waals surface area (Å²) in [6.07, 6.45) is -7.60. The summed E-state index contributed by atoms with van der Waals surface area (Å²) >= 11 is 0. The first-order valence-corrected chi connectivity index (χ1v) is 11.7. The highest BCUT2D eigenvalue weighted by atomic mass is 16.7. The molecule has 0 saturated carbocycles. The van der Waals surface area contributed by atoms with Crippen LogP contribution in [-0.2, 0) is 14.2 Å². The fourth-order valence-corrected chi connectivity index (χ4v) is 4.75. The van der Waals surface area contributed by atoms with Gasteiger partial charge in [0.25, 0.3) is 11.8 Å². The molecule has 0 spiro atoms. The van der Waals surface area contributed by atoms with Gasteiger partial charge in [-0.15, -0.1) is 6.58 Å². The van der Waals surface area contributed by atoms with Crippen LogP contribution in [0, 0.1) is 0 Å². The van der Waals surface area contributed by atoms with E-state index < -0.39 is 66.8 Å². The minimum Gasteiger partial charge on any atom is -0.389 e. The second-order valence-electron chi connectivity index (χ2n) is 8.94. The van der Waals surface area contributed by atoms with Crippen molar-refractivity contribution in [3.8, 4) is 0 Å². The van der Waals surface area contributed by atoms with Gasteiger partial charge in [0.1, 0.15) is 30.5 Å². The number of benzene rings is 1. The van der Waals surface area contributed by atoms with E-state index in [2.05, 4.69) is 21.9 Å². The first-order chi connectivity index (χ1) is 17.8. The van der Waals surface area contributed by atoms with E-state index >= 15 is 0 Å². The first-order valence-electron chi connectivity index (χ1n) is 11.7. The van der Waals surface area contributed by atoms with E-state index in [1.165, 1.54) is 18.2 Å². The number of rotatable bonds is 9. The zero-order valence-corrected chi connectivity index (χ0v) is 19.7. The topological polar surface area (TPSA) is 207 Å². The summed E-state index contributed by atoms with van der Waals surface area (Å²) < 4.78 is 17.0. The number of nitrogens with zero attached hydrogens (tertiary/aromatic N) is 4. The Morgan fingerprint density at radius 2 is 1.76 bits per heavy atom. The fraction of sp³-hybridized carbons (Fsp3) is 0.565. The summed E-state index contributed by atoms with van der Waals surface area (Å²) in [5.41, 5.74) is 8.79. The Bertz CT molecular complexity index is 1030. The van der Waals surface area contributed by atoms with E-state index in [9.17, 15) is 30.0 Å². The highest BCUT2D eigenvalue weighted by Crippen LogP contribution is 2.32. The van der Waals surface area contributed by atoms with E-state index in [4.69, 9.17) is 19.7 Å². The van der Waals surface area contributed by atoms with Crippen molar-refractivity contribution in [3.05, 3.63) is 58.5 Å². The quantitative estimate of drug-likeness (QED) is 0.0855. The maximum atomic E-state index is 13.0. The Morgan fingerprint density at radius 3 is 2.38 bits per heavy atom. The lowest BCUT2D eigenvalue weighted by molar-refractivity contribution is -0.270. The molecule has 2 saturated heterocycles. The van der Waals surface area contributed by atoms with Crippen LogP contribution in [0.3, 0.4) is 0 Å². The van der Waals surface area contributed by atoms with Crippen LogP contribution in [-0.4, -0.2) is 118 Å². The van der Waals surface area contributed by atoms with Crippen LogP contribution < -0.4 is 5.32 Å². The van der Waals surface area contributed by atoms with Gasteiger partial charge in [-0.3, -0.25) is 14.5 Å². The van der Waals surface area contributed by atoms with Crippen molar-refractivity contribution in [1.29, 1.82) is 0 Å². The lowest BCUT2D eigenvalue weighted by atomic mass is 9.94. The van der Waals surface area contributed by atoms with Gasteiger partial charge >= 0.3 is 0 Å². The summed E-state index contributed by atoms with van der Waals surface area (Å²) in [7, 11) is 0. The van der Waals surface area contributed by atoms with Gasteiger partial charge in [0.15, 0.2) is 6.29 Å². The van der Waals surface area contributed by atoms with Crippen molar-refractivity contribution in [1.82, 2.24) is 10.2 Å². The van der Waals surface area contributed by atoms with Crippen LogP contribution in [0.4, 0.5) is 0 Å². The number of hydrogen-bond acceptors (Lipinski definition) is 11. The molecular formula is C23H29N5O9. The van der Waals surface area contributed by atoms with Crippen LogP contribution in [0.25, 0.3) is 10.4 Å². The lowest BCUT2D eigenvalue weighted by Crippen LogP contribution is -2.67. The van der Waals surface area contributed by atoms with Crippen molar-refractivity contribution < 1.29 is 44.2 Å². The molecule has 2 amide bonds. The SMILES string of the molecule is C=CCO[C@H]1O[C@H](CN[C@H]2CO[C@H](CN=[N+]=[N-])[C@@H](O)[C@@H]2O)[C@@H](O)[C@H](O)[C@H]1N1C(=O)c2ccccc2C1=O. The highest BCUT2D eigenvalue weighted by Gasteiger charge is 2.53. The molecule has 3 aliphatic rings. The monoisotopic (exact) mass is 519 g/mol. The summed E-state index contributed by atoms with van der Waals surface area (Å²) in [4.78, 5) is 29.5. The highest BCUT2D eigenvalue weighted by molar-refractivity contribution is 6.21. The molecule has 14 heteroatoms. The van der Waals surface area contributed by atoms with Crippen molar-refractivity contribution in [2.75, 3.05) is 26.3 Å². The predicted octanol–water partition coefficient (Wildman–Crippen LogP) is -1.31. The number of hydrogen-bond donors (Lipinski definition) is 5. The molecule has 1 aromatic rings. The molecule has 3 heterocycles. The number of nitrogens with one attached hydrogen (secondary N) is 1. The molecule has 0 unspecified atom stereocenters. The van der Waals surface area contributed by atoms with Crippen LogP contribution in [0.15, 0.2) is 42.0 Å². The van der Waals surface area contributed by atoms with Gasteiger partial charge in [0.2, 0.25) is 0 Å². The average molecular weight is 520 g/mol. The average Bonchev–Trinajstić information content (AvgIpc) is 3.15. The molecule has 1 aromatic carbocycles. The summed E-state index contributed by atoms with van der Waals surface area (Å²) in [5.74, 6) is -1.29. The molecule has 0 radical (unpaired) electrons. The van der Waals surface area contributed by atoms with E-state index in [0.717, 1.165) is 4.90 Å². The maximum absolute atomic E-state index is 13.0. The number of fused-ring (bicyclic) bond motifs is 1. The number of carbonyl (C=O) groups is 2. The molecule has 9 atom stereocenters. The second kappa shape index (κ2) is 11.6. The standard InChI is InChI=1S/C23H29N5O9/c1-2-7-35-23-16(28-21(33)11-5-3-4-6-12(11)22(28)34)20(32)19(31)15(37-23)8-25-13-10-36-14(9-26-27-24)18(30)17(13)29/h2-6,13-20,23,25,29-32H,1,7-10H2/t13-,14+,15+,16+,17+,18+,19+,20+,23-/m0/s1. The number of aliphatic hydroxyl groups is 4. The fourth-order valence-electron chi connectivity index (χ4n) is 4.75. The number of carbonyl (C=O) groups excluding carboxylic acids is 2. The van der Waals surface area contributed by atoms with Crippen molar-refractivity contribution >= 4 is 11.8 Å². The normalized spacial score (nSPS) is 35.7. The lowest BCUT2D eigenvalue weighted by Gasteiger charge is -2.45. The van der Waals surface area contributed by atoms with Gasteiger partial charge in [0.05, 0.1) is 49.1 Å². The van der Waals surface area contributed by atoms with Crippen LogP contribution >= 0.6 is 0 Å². The van der Waals surface area contributed by atoms with Crippen molar-refractivity contribution in [2.45, 2.75) is 55.0 Å². The number of azide groups is 1. The Hall–Kier alpha value is -2.91. The first kappa shape index (κ1) is 27.1. The van der Waals surface area contributed by atoms with Crippen molar-refractivity contribution in [3.63, 3.8) is 0 Å². The number of amides is 2. The smallest absolute Gasteiger partial charge is 0.262 e. The predicted molar refractivity (Wildman–Crippen MR) is 125 cm³/mol. The number of ether oxygens (including phenoxy) is 3. The third kappa shape index (κ3) is 5.25. The molecule has 37 heavy (non-hydrogen) atoms. The molecule has 0 bridgehead atoms. The molecule has 4 rings (SSSR count). The van der Waals surface area contributed by atoms with Gasteiger partial charge < -0.3 is 40.0 Å². The minimum absolute atomic E-state index is 0.0265. The third-order valence-electron chi connectivity index (χ3n) is 6.71. The molecule has 2 fully saturated rings. The number of aliphatic hydroxyl groups excluding tert-OH is 4. The van der Waals surface area contributed by atoms with Crippen LogP contribution in [0.5, 0.6) is 0 Å².